The monoisotopic (exact) mass is 284 g/mol. The molecule has 0 aliphatic rings. The van der Waals surface area contributed by atoms with Crippen LogP contribution in [0.5, 0.6) is 0 Å². The van der Waals surface area contributed by atoms with Crippen LogP contribution in [0.15, 0.2) is 29.2 Å². The molecule has 1 aromatic carbocycles. The van der Waals surface area contributed by atoms with E-state index >= 15 is 0 Å². The highest BCUT2D eigenvalue weighted by molar-refractivity contribution is 7.89. The fourth-order valence-corrected chi connectivity index (χ4v) is 3.05. The molecule has 1 aromatic rings. The van der Waals surface area contributed by atoms with Crippen LogP contribution in [-0.4, -0.2) is 32.4 Å². The Kier molecular flexibility index (Phi) is 4.76. The second-order valence-corrected chi connectivity index (χ2v) is 7.88. The second kappa shape index (κ2) is 5.61. The number of nitrogens with zero attached hydrogens (tertiary/aromatic N) is 1. The zero-order valence-corrected chi connectivity index (χ0v) is 13.2. The number of rotatable bonds is 4. The van der Waals surface area contributed by atoms with Gasteiger partial charge in [-0.2, -0.15) is 4.31 Å². The minimum atomic E-state index is -3.46. The molecule has 0 saturated heterocycles. The van der Waals surface area contributed by atoms with E-state index in [9.17, 15) is 8.42 Å². The fraction of sp³-hybridized carbons (Fsp3) is 0.571. The summed E-state index contributed by atoms with van der Waals surface area (Å²) in [5.74, 6) is 0. The summed E-state index contributed by atoms with van der Waals surface area (Å²) in [5, 5.41) is 0. The minimum Gasteiger partial charge on any atom is -0.329 e. The van der Waals surface area contributed by atoms with Gasteiger partial charge in [0, 0.05) is 19.6 Å². The standard InChI is InChI=1S/C14H24N2O2S/c1-11(10-15)16(5)19(17,18)13-8-6-12(7-9-13)14(2,3)4/h6-9,11H,10,15H2,1-5H3. The van der Waals surface area contributed by atoms with Gasteiger partial charge in [-0.25, -0.2) is 8.42 Å². The molecule has 4 nitrogen and oxygen atoms in total. The molecule has 1 rings (SSSR count). The van der Waals surface area contributed by atoms with Gasteiger partial charge in [0.05, 0.1) is 4.90 Å². The minimum absolute atomic E-state index is 0.0126. The summed E-state index contributed by atoms with van der Waals surface area (Å²) in [6.07, 6.45) is 0. The van der Waals surface area contributed by atoms with Crippen molar-refractivity contribution in [3.05, 3.63) is 29.8 Å². The van der Waals surface area contributed by atoms with Gasteiger partial charge in [-0.1, -0.05) is 32.9 Å². The van der Waals surface area contributed by atoms with Crippen molar-refractivity contribution in [1.29, 1.82) is 0 Å². The lowest BCUT2D eigenvalue weighted by atomic mass is 9.87. The smallest absolute Gasteiger partial charge is 0.243 e. The first-order chi connectivity index (χ1) is 8.60. The Labute approximate surface area is 116 Å². The summed E-state index contributed by atoms with van der Waals surface area (Å²) in [7, 11) is -1.90. The molecule has 1 atom stereocenters. The Morgan fingerprint density at radius 1 is 1.21 bits per heavy atom. The van der Waals surface area contributed by atoms with Crippen LogP contribution in [0.1, 0.15) is 33.3 Å². The van der Waals surface area contributed by atoms with Gasteiger partial charge in [0.2, 0.25) is 10.0 Å². The van der Waals surface area contributed by atoms with Crippen LogP contribution in [0.4, 0.5) is 0 Å². The maximum Gasteiger partial charge on any atom is 0.243 e. The molecule has 0 spiro atoms. The average Bonchev–Trinajstić information content (AvgIpc) is 2.36. The molecule has 0 bridgehead atoms. The van der Waals surface area contributed by atoms with E-state index in [1.165, 1.54) is 4.31 Å². The molecule has 0 aliphatic carbocycles. The predicted molar refractivity (Wildman–Crippen MR) is 78.6 cm³/mol. The number of sulfonamides is 1. The highest BCUT2D eigenvalue weighted by atomic mass is 32.2. The van der Waals surface area contributed by atoms with Gasteiger partial charge in [-0.05, 0) is 30.0 Å². The van der Waals surface area contributed by atoms with Crippen LogP contribution in [0, 0.1) is 0 Å². The zero-order chi connectivity index (χ0) is 14.8. The van der Waals surface area contributed by atoms with Gasteiger partial charge in [-0.15, -0.1) is 0 Å². The predicted octanol–water partition coefficient (Wildman–Crippen LogP) is 1.95. The van der Waals surface area contributed by atoms with Crippen molar-refractivity contribution in [3.63, 3.8) is 0 Å². The molecule has 1 unspecified atom stereocenters. The summed E-state index contributed by atoms with van der Waals surface area (Å²) in [6, 6.07) is 6.85. The normalized spacial score (nSPS) is 14.7. The van der Waals surface area contributed by atoms with Crippen molar-refractivity contribution in [2.24, 2.45) is 5.73 Å². The molecular formula is C14H24N2O2S. The van der Waals surface area contributed by atoms with Crippen molar-refractivity contribution < 1.29 is 8.42 Å². The van der Waals surface area contributed by atoms with Gasteiger partial charge >= 0.3 is 0 Å². The van der Waals surface area contributed by atoms with E-state index in [2.05, 4.69) is 20.8 Å². The van der Waals surface area contributed by atoms with Gasteiger partial charge in [-0.3, -0.25) is 0 Å². The van der Waals surface area contributed by atoms with E-state index in [1.54, 1.807) is 26.1 Å². The Hall–Kier alpha value is -0.910. The maximum absolute atomic E-state index is 12.4. The van der Waals surface area contributed by atoms with E-state index < -0.39 is 10.0 Å². The number of likely N-dealkylation sites (N-methyl/N-ethyl adjacent to an activating group) is 1. The van der Waals surface area contributed by atoms with Gasteiger partial charge < -0.3 is 5.73 Å². The van der Waals surface area contributed by atoms with Crippen LogP contribution in [0.3, 0.4) is 0 Å². The first-order valence-corrected chi connectivity index (χ1v) is 7.83. The SMILES string of the molecule is CC(CN)N(C)S(=O)(=O)c1ccc(C(C)(C)C)cc1. The van der Waals surface area contributed by atoms with Crippen LogP contribution >= 0.6 is 0 Å². The highest BCUT2D eigenvalue weighted by Crippen LogP contribution is 2.24. The van der Waals surface area contributed by atoms with E-state index in [-0.39, 0.29) is 11.5 Å². The lowest BCUT2D eigenvalue weighted by Crippen LogP contribution is -2.39. The van der Waals surface area contributed by atoms with Crippen LogP contribution < -0.4 is 5.73 Å². The lowest BCUT2D eigenvalue weighted by Gasteiger charge is -2.24. The third kappa shape index (κ3) is 3.55. The zero-order valence-electron chi connectivity index (χ0n) is 12.3. The Morgan fingerprint density at radius 3 is 2.05 bits per heavy atom. The van der Waals surface area contributed by atoms with Crippen molar-refractivity contribution in [1.82, 2.24) is 4.31 Å². The molecule has 2 N–H and O–H groups in total. The number of hydrogen-bond acceptors (Lipinski definition) is 3. The number of hydrogen-bond donors (Lipinski definition) is 1. The molecule has 0 radical (unpaired) electrons. The largest absolute Gasteiger partial charge is 0.329 e. The van der Waals surface area contributed by atoms with E-state index in [0.29, 0.717) is 11.4 Å². The Morgan fingerprint density at radius 2 is 1.68 bits per heavy atom. The van der Waals surface area contributed by atoms with E-state index in [1.807, 2.05) is 12.1 Å². The third-order valence-corrected chi connectivity index (χ3v) is 5.35. The van der Waals surface area contributed by atoms with E-state index in [4.69, 9.17) is 5.73 Å². The van der Waals surface area contributed by atoms with Gasteiger partial charge in [0.1, 0.15) is 0 Å². The molecule has 0 amide bonds. The molecule has 0 aliphatic heterocycles. The average molecular weight is 284 g/mol. The van der Waals surface area contributed by atoms with Crippen molar-refractivity contribution >= 4 is 10.0 Å². The summed E-state index contributed by atoms with van der Waals surface area (Å²) < 4.78 is 26.0. The second-order valence-electron chi connectivity index (χ2n) is 5.88. The summed E-state index contributed by atoms with van der Waals surface area (Å²) in [6.45, 7) is 8.38. The number of benzene rings is 1. The van der Waals surface area contributed by atoms with Crippen LogP contribution in [0.2, 0.25) is 0 Å². The first kappa shape index (κ1) is 16.1. The van der Waals surface area contributed by atoms with Crippen molar-refractivity contribution in [2.45, 2.75) is 44.0 Å². The molecule has 0 aromatic heterocycles. The summed E-state index contributed by atoms with van der Waals surface area (Å²) in [4.78, 5) is 0.309. The van der Waals surface area contributed by atoms with Crippen LogP contribution in [-0.2, 0) is 15.4 Å². The lowest BCUT2D eigenvalue weighted by molar-refractivity contribution is 0.394. The number of nitrogens with two attached hydrogens (primary N) is 1. The van der Waals surface area contributed by atoms with Crippen LogP contribution in [0.25, 0.3) is 0 Å². The van der Waals surface area contributed by atoms with Gasteiger partial charge in [0.15, 0.2) is 0 Å². The van der Waals surface area contributed by atoms with Gasteiger partial charge in [0.25, 0.3) is 0 Å². The summed E-state index contributed by atoms with van der Waals surface area (Å²) in [5.41, 5.74) is 6.65. The summed E-state index contributed by atoms with van der Waals surface area (Å²) >= 11 is 0. The third-order valence-electron chi connectivity index (χ3n) is 3.36. The molecule has 108 valence electrons. The molecule has 19 heavy (non-hydrogen) atoms. The van der Waals surface area contributed by atoms with E-state index in [0.717, 1.165) is 5.56 Å². The topological polar surface area (TPSA) is 63.4 Å². The quantitative estimate of drug-likeness (QED) is 0.919. The first-order valence-electron chi connectivity index (χ1n) is 6.39. The fourth-order valence-electron chi connectivity index (χ4n) is 1.68. The maximum atomic E-state index is 12.4. The highest BCUT2D eigenvalue weighted by Gasteiger charge is 2.25. The molecule has 5 heteroatoms. The van der Waals surface area contributed by atoms with Crippen molar-refractivity contribution in [3.8, 4) is 0 Å². The Bertz CT molecular complexity index is 515. The molecule has 0 heterocycles. The molecular weight excluding hydrogens is 260 g/mol. The Balaban J connectivity index is 3.10. The molecule has 0 saturated carbocycles. The van der Waals surface area contributed by atoms with Crippen molar-refractivity contribution in [2.75, 3.05) is 13.6 Å². The molecule has 0 fully saturated rings.